The minimum atomic E-state index is -0.101. The van der Waals surface area contributed by atoms with Crippen molar-refractivity contribution in [3.05, 3.63) is 65.9 Å². The number of fused-ring (bicyclic) bond motifs is 6. The fourth-order valence-corrected chi connectivity index (χ4v) is 8.63. The van der Waals surface area contributed by atoms with Crippen molar-refractivity contribution in [3.8, 4) is 28.1 Å². The quantitative estimate of drug-likeness (QED) is 0.147. The molecule has 3 aromatic carbocycles. The molecule has 272 valence electrons. The standard InChI is InChI=1S/C41H48N6O5/c1-5-7-37(48)46-19-24(21-50-3)13-34(46)40-42-18-33(44-40)27-9-11-29-28(15-27)23-52-36-17-30-26(16-31(29)36)10-12-32-39(30)45-41(43-32)35-14-25(22-51-4)20-47(35)38(49)8-6-2/h9-12,15-18,24-25,34-35H,5-8,13-14,19-23H2,1-4H3,(H,42,44)(H,43,45). The Hall–Kier alpha value is -4.74. The van der Waals surface area contributed by atoms with Gasteiger partial charge in [0.05, 0.1) is 48.2 Å². The molecule has 0 spiro atoms. The average Bonchev–Trinajstić information content (AvgIpc) is 3.96. The molecule has 0 aliphatic carbocycles. The first kappa shape index (κ1) is 34.4. The molecular formula is C41H48N6O5. The van der Waals surface area contributed by atoms with E-state index in [4.69, 9.17) is 24.2 Å². The number of nitrogens with zero attached hydrogens (tertiary/aromatic N) is 4. The van der Waals surface area contributed by atoms with Crippen molar-refractivity contribution in [2.45, 2.75) is 71.1 Å². The van der Waals surface area contributed by atoms with E-state index in [1.165, 1.54) is 0 Å². The first-order chi connectivity index (χ1) is 25.4. The Morgan fingerprint density at radius 1 is 0.846 bits per heavy atom. The second kappa shape index (κ2) is 14.4. The average molecular weight is 705 g/mol. The molecule has 2 amide bonds. The van der Waals surface area contributed by atoms with Gasteiger partial charge in [0.25, 0.3) is 0 Å². The van der Waals surface area contributed by atoms with Gasteiger partial charge < -0.3 is 34.0 Å². The summed E-state index contributed by atoms with van der Waals surface area (Å²) >= 11 is 0. The van der Waals surface area contributed by atoms with E-state index in [1.807, 2.05) is 29.8 Å². The van der Waals surface area contributed by atoms with Crippen LogP contribution in [0.1, 0.15) is 81.7 Å². The van der Waals surface area contributed by atoms with Crippen molar-refractivity contribution in [2.75, 3.05) is 40.5 Å². The molecule has 0 radical (unpaired) electrons. The van der Waals surface area contributed by atoms with Gasteiger partial charge in [0.2, 0.25) is 11.8 Å². The molecule has 11 nitrogen and oxygen atoms in total. The summed E-state index contributed by atoms with van der Waals surface area (Å²) in [7, 11) is 3.43. The predicted molar refractivity (Wildman–Crippen MR) is 200 cm³/mol. The number of nitrogens with one attached hydrogen (secondary N) is 2. The van der Waals surface area contributed by atoms with Crippen LogP contribution in [-0.2, 0) is 25.7 Å². The third-order valence-corrected chi connectivity index (χ3v) is 11.1. The van der Waals surface area contributed by atoms with Crippen LogP contribution in [0.2, 0.25) is 0 Å². The number of hydrogen-bond donors (Lipinski definition) is 2. The Labute approximate surface area is 304 Å². The van der Waals surface area contributed by atoms with E-state index in [2.05, 4.69) is 52.4 Å². The highest BCUT2D eigenvalue weighted by atomic mass is 16.5. The third-order valence-electron chi connectivity index (χ3n) is 11.1. The molecule has 3 aliphatic rings. The maximum Gasteiger partial charge on any atom is 0.223 e. The number of methoxy groups -OCH3 is 2. The number of imidazole rings is 2. The molecule has 2 N–H and O–H groups in total. The van der Waals surface area contributed by atoms with Crippen LogP contribution >= 0.6 is 0 Å². The lowest BCUT2D eigenvalue weighted by Crippen LogP contribution is -2.31. The van der Waals surface area contributed by atoms with E-state index < -0.39 is 0 Å². The van der Waals surface area contributed by atoms with Crippen LogP contribution in [0.4, 0.5) is 0 Å². The van der Waals surface area contributed by atoms with E-state index in [9.17, 15) is 9.59 Å². The van der Waals surface area contributed by atoms with Gasteiger partial charge >= 0.3 is 0 Å². The van der Waals surface area contributed by atoms with Gasteiger partial charge in [-0.15, -0.1) is 0 Å². The smallest absolute Gasteiger partial charge is 0.223 e. The van der Waals surface area contributed by atoms with Gasteiger partial charge in [-0.1, -0.05) is 32.0 Å². The Balaban J connectivity index is 1.07. The Morgan fingerprint density at radius 2 is 1.54 bits per heavy atom. The summed E-state index contributed by atoms with van der Waals surface area (Å²) in [5, 5.41) is 2.10. The summed E-state index contributed by atoms with van der Waals surface area (Å²) in [4.78, 5) is 47.1. The number of rotatable bonds is 11. The number of likely N-dealkylation sites (tertiary alicyclic amines) is 2. The number of H-pyrrole nitrogens is 2. The minimum absolute atomic E-state index is 0.0839. The van der Waals surface area contributed by atoms with Crippen LogP contribution < -0.4 is 4.74 Å². The molecule has 5 aromatic rings. The molecule has 4 atom stereocenters. The second-order valence-corrected chi connectivity index (χ2v) is 14.7. The predicted octanol–water partition coefficient (Wildman–Crippen LogP) is 7.34. The van der Waals surface area contributed by atoms with E-state index in [-0.39, 0.29) is 29.8 Å². The molecule has 0 bridgehead atoms. The van der Waals surface area contributed by atoms with Crippen LogP contribution in [0.25, 0.3) is 44.2 Å². The van der Waals surface area contributed by atoms with Crippen molar-refractivity contribution in [2.24, 2.45) is 11.8 Å². The molecular weight excluding hydrogens is 656 g/mol. The summed E-state index contributed by atoms with van der Waals surface area (Å²) in [6.07, 6.45) is 6.24. The van der Waals surface area contributed by atoms with E-state index in [0.29, 0.717) is 51.7 Å². The molecule has 3 aliphatic heterocycles. The Bertz CT molecular complexity index is 2120. The Kier molecular flexibility index (Phi) is 9.48. The minimum Gasteiger partial charge on any atom is -0.488 e. The lowest BCUT2D eigenvalue weighted by molar-refractivity contribution is -0.133. The number of hydrogen-bond acceptors (Lipinski definition) is 7. The van der Waals surface area contributed by atoms with Gasteiger partial charge in [-0.25, -0.2) is 9.97 Å². The number of benzene rings is 3. The SMILES string of the molecule is CCCC(=O)N1CC(COC)CC1c1ncc(-c2ccc3c(c2)COc2cc4c(ccc5[nH]c(C6CC(COC)CN6C(=O)CCC)nc54)cc2-3)[nH]1. The molecule has 8 rings (SSSR count). The van der Waals surface area contributed by atoms with Crippen LogP contribution in [0.15, 0.2) is 48.7 Å². The van der Waals surface area contributed by atoms with Gasteiger partial charge in [0.15, 0.2) is 0 Å². The number of carbonyl (C=O) groups is 2. The van der Waals surface area contributed by atoms with Gasteiger partial charge in [0.1, 0.15) is 24.0 Å². The van der Waals surface area contributed by atoms with Crippen LogP contribution in [0.3, 0.4) is 0 Å². The van der Waals surface area contributed by atoms with E-state index >= 15 is 0 Å². The molecule has 52 heavy (non-hydrogen) atoms. The first-order valence-corrected chi connectivity index (χ1v) is 18.7. The fourth-order valence-electron chi connectivity index (χ4n) is 8.63. The number of carbonyl (C=O) groups excluding carboxylic acids is 2. The van der Waals surface area contributed by atoms with Crippen molar-refractivity contribution >= 4 is 33.6 Å². The summed E-state index contributed by atoms with van der Waals surface area (Å²) in [5.74, 6) is 3.39. The van der Waals surface area contributed by atoms with Crippen LogP contribution in [0, 0.1) is 11.8 Å². The number of ether oxygens (including phenoxy) is 3. The highest BCUT2D eigenvalue weighted by molar-refractivity contribution is 6.07. The second-order valence-electron chi connectivity index (χ2n) is 14.7. The van der Waals surface area contributed by atoms with Crippen LogP contribution in [0.5, 0.6) is 5.75 Å². The van der Waals surface area contributed by atoms with E-state index in [0.717, 1.165) is 92.8 Å². The zero-order chi connectivity index (χ0) is 35.9. The van der Waals surface area contributed by atoms with Crippen molar-refractivity contribution in [1.29, 1.82) is 0 Å². The lowest BCUT2D eigenvalue weighted by Gasteiger charge is -2.23. The van der Waals surface area contributed by atoms with Crippen LogP contribution in [-0.4, -0.2) is 82.1 Å². The zero-order valence-corrected chi connectivity index (χ0v) is 30.5. The van der Waals surface area contributed by atoms with Gasteiger partial charge in [-0.3, -0.25) is 9.59 Å². The first-order valence-electron chi connectivity index (χ1n) is 18.7. The number of aromatic nitrogens is 4. The topological polar surface area (TPSA) is 126 Å². The van der Waals surface area contributed by atoms with Gasteiger partial charge in [-0.2, -0.15) is 0 Å². The summed E-state index contributed by atoms with van der Waals surface area (Å²) in [5.41, 5.74) is 7.08. The normalized spacial score (nSPS) is 21.2. The summed E-state index contributed by atoms with van der Waals surface area (Å²) < 4.78 is 17.3. The molecule has 2 saturated heterocycles. The van der Waals surface area contributed by atoms with Crippen molar-refractivity contribution in [3.63, 3.8) is 0 Å². The van der Waals surface area contributed by atoms with E-state index in [1.54, 1.807) is 14.2 Å². The van der Waals surface area contributed by atoms with Crippen molar-refractivity contribution < 1.29 is 23.8 Å². The fraction of sp³-hybridized carbons (Fsp3) is 0.463. The monoisotopic (exact) mass is 704 g/mol. The summed E-state index contributed by atoms with van der Waals surface area (Å²) in [6.45, 7) is 7.17. The van der Waals surface area contributed by atoms with Gasteiger partial charge in [-0.05, 0) is 72.0 Å². The highest BCUT2D eigenvalue weighted by Gasteiger charge is 2.39. The maximum absolute atomic E-state index is 13.1. The lowest BCUT2D eigenvalue weighted by atomic mass is 9.92. The molecule has 0 saturated carbocycles. The third kappa shape index (κ3) is 6.23. The highest BCUT2D eigenvalue weighted by Crippen LogP contribution is 2.44. The molecule has 11 heteroatoms. The number of amides is 2. The molecule has 5 heterocycles. The maximum atomic E-state index is 13.1. The zero-order valence-electron chi connectivity index (χ0n) is 30.5. The molecule has 2 aromatic heterocycles. The van der Waals surface area contributed by atoms with Crippen molar-refractivity contribution in [1.82, 2.24) is 29.7 Å². The molecule has 2 fully saturated rings. The molecule has 4 unspecified atom stereocenters. The van der Waals surface area contributed by atoms with Gasteiger partial charge in [0, 0.05) is 62.9 Å². The number of aromatic amines is 2. The summed E-state index contributed by atoms with van der Waals surface area (Å²) in [6, 6.07) is 14.8. The Morgan fingerprint density at radius 3 is 2.21 bits per heavy atom. The largest absolute Gasteiger partial charge is 0.488 e.